The summed E-state index contributed by atoms with van der Waals surface area (Å²) in [6.07, 6.45) is -0.298. The van der Waals surface area contributed by atoms with Crippen LogP contribution in [0, 0.1) is 0 Å². The molecule has 6 heteroatoms. The highest BCUT2D eigenvalue weighted by Gasteiger charge is 2.16. The first kappa shape index (κ1) is 16.7. The molecule has 0 aromatic heterocycles. The third-order valence-electron chi connectivity index (χ3n) is 1.84. The first-order valence-corrected chi connectivity index (χ1v) is 5.99. The molecule has 18 heavy (non-hydrogen) atoms. The minimum Gasteiger partial charge on any atom is -0.444 e. The van der Waals surface area contributed by atoms with Gasteiger partial charge < -0.3 is 20.1 Å². The molecule has 0 aliphatic carbocycles. The summed E-state index contributed by atoms with van der Waals surface area (Å²) in [6, 6.07) is -0.0379. The minimum absolute atomic E-state index is 0.0379. The van der Waals surface area contributed by atoms with Crippen molar-refractivity contribution in [1.29, 1.82) is 0 Å². The van der Waals surface area contributed by atoms with E-state index in [0.29, 0.717) is 6.61 Å². The topological polar surface area (TPSA) is 76.7 Å². The van der Waals surface area contributed by atoms with Gasteiger partial charge in [-0.3, -0.25) is 4.79 Å². The lowest BCUT2D eigenvalue weighted by atomic mass is 10.2. The zero-order valence-corrected chi connectivity index (χ0v) is 11.8. The number of carbonyl (C=O) groups excluding carboxylic acids is 2. The number of hydrogen-bond donors (Lipinski definition) is 2. The van der Waals surface area contributed by atoms with Gasteiger partial charge in [0.05, 0.1) is 6.61 Å². The summed E-state index contributed by atoms with van der Waals surface area (Å²) in [5, 5.41) is 5.27. The second-order valence-electron chi connectivity index (χ2n) is 5.10. The van der Waals surface area contributed by atoms with E-state index in [1.54, 1.807) is 27.9 Å². The number of nitrogens with one attached hydrogen (secondary N) is 2. The molecule has 0 saturated heterocycles. The molecular weight excluding hydrogens is 236 g/mol. The number of rotatable bonds is 6. The monoisotopic (exact) mass is 260 g/mol. The summed E-state index contributed by atoms with van der Waals surface area (Å²) in [5.74, 6) is -0.129. The molecule has 0 aromatic carbocycles. The van der Waals surface area contributed by atoms with Gasteiger partial charge in [-0.25, -0.2) is 4.79 Å². The highest BCUT2D eigenvalue weighted by atomic mass is 16.6. The molecule has 0 spiro atoms. The molecule has 0 heterocycles. The van der Waals surface area contributed by atoms with Gasteiger partial charge in [0.2, 0.25) is 5.91 Å². The van der Waals surface area contributed by atoms with E-state index in [1.807, 2.05) is 6.92 Å². The Morgan fingerprint density at radius 2 is 1.89 bits per heavy atom. The van der Waals surface area contributed by atoms with Crippen LogP contribution < -0.4 is 10.6 Å². The van der Waals surface area contributed by atoms with E-state index in [9.17, 15) is 9.59 Å². The first-order valence-electron chi connectivity index (χ1n) is 5.99. The van der Waals surface area contributed by atoms with E-state index >= 15 is 0 Å². The van der Waals surface area contributed by atoms with Crippen LogP contribution in [0.3, 0.4) is 0 Å². The van der Waals surface area contributed by atoms with E-state index in [2.05, 4.69) is 10.6 Å². The standard InChI is InChI=1S/C12H24N2O4/c1-9(8-17-5)14-10(15)6-7-13-11(16)18-12(2,3)4/h9H,6-8H2,1-5H3,(H,13,16)(H,14,15). The molecule has 0 radical (unpaired) electrons. The van der Waals surface area contributed by atoms with Crippen molar-refractivity contribution in [3.63, 3.8) is 0 Å². The fourth-order valence-electron chi connectivity index (χ4n) is 1.23. The highest BCUT2D eigenvalue weighted by Crippen LogP contribution is 2.06. The lowest BCUT2D eigenvalue weighted by Crippen LogP contribution is -2.38. The summed E-state index contributed by atoms with van der Waals surface area (Å²) in [7, 11) is 1.58. The summed E-state index contributed by atoms with van der Waals surface area (Å²) < 4.78 is 9.93. The van der Waals surface area contributed by atoms with Crippen molar-refractivity contribution in [3.8, 4) is 0 Å². The first-order chi connectivity index (χ1) is 8.24. The molecule has 0 aliphatic rings. The summed E-state index contributed by atoms with van der Waals surface area (Å²) in [6.45, 7) is 7.91. The van der Waals surface area contributed by atoms with Crippen LogP contribution in [0.15, 0.2) is 0 Å². The zero-order valence-electron chi connectivity index (χ0n) is 11.8. The number of alkyl carbamates (subject to hydrolysis) is 1. The predicted octanol–water partition coefficient (Wildman–Crippen LogP) is 1.05. The Bertz CT molecular complexity index is 274. The van der Waals surface area contributed by atoms with Gasteiger partial charge in [-0.1, -0.05) is 0 Å². The second kappa shape index (κ2) is 7.92. The second-order valence-corrected chi connectivity index (χ2v) is 5.10. The average molecular weight is 260 g/mol. The number of methoxy groups -OCH3 is 1. The average Bonchev–Trinajstić information content (AvgIpc) is 2.14. The van der Waals surface area contributed by atoms with E-state index in [4.69, 9.17) is 9.47 Å². The van der Waals surface area contributed by atoms with E-state index in [-0.39, 0.29) is 24.9 Å². The molecule has 0 fully saturated rings. The lowest BCUT2D eigenvalue weighted by Gasteiger charge is -2.19. The molecule has 1 unspecified atom stereocenters. The molecular formula is C12H24N2O4. The summed E-state index contributed by atoms with van der Waals surface area (Å²) in [4.78, 5) is 22.7. The fraction of sp³-hybridized carbons (Fsp3) is 0.833. The Morgan fingerprint density at radius 3 is 2.39 bits per heavy atom. The van der Waals surface area contributed by atoms with Crippen molar-refractivity contribution in [2.75, 3.05) is 20.3 Å². The number of carbonyl (C=O) groups is 2. The smallest absolute Gasteiger partial charge is 0.407 e. The third kappa shape index (κ3) is 9.89. The summed E-state index contributed by atoms with van der Waals surface area (Å²) >= 11 is 0. The van der Waals surface area contributed by atoms with Crippen LogP contribution in [0.2, 0.25) is 0 Å². The number of hydrogen-bond acceptors (Lipinski definition) is 4. The summed E-state index contributed by atoms with van der Waals surface area (Å²) in [5.41, 5.74) is -0.528. The van der Waals surface area contributed by atoms with E-state index in [0.717, 1.165) is 0 Å². The van der Waals surface area contributed by atoms with Gasteiger partial charge in [0.25, 0.3) is 0 Å². The molecule has 0 rings (SSSR count). The lowest BCUT2D eigenvalue weighted by molar-refractivity contribution is -0.121. The van der Waals surface area contributed by atoms with Gasteiger partial charge in [0, 0.05) is 26.1 Å². The molecule has 0 saturated carbocycles. The Labute approximate surface area is 108 Å². The van der Waals surface area contributed by atoms with Crippen LogP contribution in [-0.2, 0) is 14.3 Å². The van der Waals surface area contributed by atoms with Gasteiger partial charge in [-0.15, -0.1) is 0 Å². The largest absolute Gasteiger partial charge is 0.444 e. The van der Waals surface area contributed by atoms with Crippen LogP contribution in [0.4, 0.5) is 4.79 Å². The molecule has 0 aromatic rings. The van der Waals surface area contributed by atoms with Crippen LogP contribution in [0.1, 0.15) is 34.1 Å². The molecule has 0 bridgehead atoms. The molecule has 0 aliphatic heterocycles. The van der Waals surface area contributed by atoms with Gasteiger partial charge in [0.1, 0.15) is 5.60 Å². The van der Waals surface area contributed by atoms with Gasteiger partial charge in [-0.05, 0) is 27.7 Å². The van der Waals surface area contributed by atoms with Crippen LogP contribution in [-0.4, -0.2) is 43.9 Å². The van der Waals surface area contributed by atoms with Crippen molar-refractivity contribution in [2.45, 2.75) is 45.8 Å². The Balaban J connectivity index is 3.71. The zero-order chi connectivity index (χ0) is 14.2. The SMILES string of the molecule is COCC(C)NC(=O)CCNC(=O)OC(C)(C)C. The Kier molecular flexibility index (Phi) is 7.35. The number of amides is 2. The normalized spacial score (nSPS) is 12.7. The highest BCUT2D eigenvalue weighted by molar-refractivity contribution is 5.77. The maximum Gasteiger partial charge on any atom is 0.407 e. The molecule has 2 amide bonds. The van der Waals surface area contributed by atoms with Crippen molar-refractivity contribution < 1.29 is 19.1 Å². The quantitative estimate of drug-likeness (QED) is 0.748. The van der Waals surface area contributed by atoms with E-state index < -0.39 is 11.7 Å². The van der Waals surface area contributed by atoms with Crippen LogP contribution >= 0.6 is 0 Å². The van der Waals surface area contributed by atoms with Gasteiger partial charge in [0.15, 0.2) is 0 Å². The van der Waals surface area contributed by atoms with Crippen LogP contribution in [0.5, 0.6) is 0 Å². The predicted molar refractivity (Wildman–Crippen MR) is 68.3 cm³/mol. The van der Waals surface area contributed by atoms with E-state index in [1.165, 1.54) is 0 Å². The molecule has 6 nitrogen and oxygen atoms in total. The van der Waals surface area contributed by atoms with Crippen LogP contribution in [0.25, 0.3) is 0 Å². The Hall–Kier alpha value is -1.30. The van der Waals surface area contributed by atoms with Crippen molar-refractivity contribution >= 4 is 12.0 Å². The Morgan fingerprint density at radius 1 is 1.28 bits per heavy atom. The molecule has 106 valence electrons. The maximum atomic E-state index is 11.4. The molecule has 2 N–H and O–H groups in total. The van der Waals surface area contributed by atoms with Crippen molar-refractivity contribution in [3.05, 3.63) is 0 Å². The fourth-order valence-corrected chi connectivity index (χ4v) is 1.23. The van der Waals surface area contributed by atoms with Crippen molar-refractivity contribution in [2.24, 2.45) is 0 Å². The van der Waals surface area contributed by atoms with Gasteiger partial charge >= 0.3 is 6.09 Å². The molecule has 1 atom stereocenters. The minimum atomic E-state index is -0.528. The van der Waals surface area contributed by atoms with Gasteiger partial charge in [-0.2, -0.15) is 0 Å². The number of ether oxygens (including phenoxy) is 2. The third-order valence-corrected chi connectivity index (χ3v) is 1.84. The maximum absolute atomic E-state index is 11.4. The van der Waals surface area contributed by atoms with Crippen molar-refractivity contribution in [1.82, 2.24) is 10.6 Å².